The molecule has 0 aliphatic carbocycles. The Morgan fingerprint density at radius 3 is 2.89 bits per heavy atom. The molecule has 1 heterocycles. The first-order chi connectivity index (χ1) is 9.03. The van der Waals surface area contributed by atoms with E-state index in [9.17, 15) is 8.42 Å². The number of benzene rings is 1. The minimum absolute atomic E-state index is 0.180. The van der Waals surface area contributed by atoms with Gasteiger partial charge >= 0.3 is 0 Å². The van der Waals surface area contributed by atoms with Gasteiger partial charge < -0.3 is 5.32 Å². The van der Waals surface area contributed by atoms with Gasteiger partial charge in [0, 0.05) is 12.3 Å². The van der Waals surface area contributed by atoms with Gasteiger partial charge in [-0.25, -0.2) is 8.42 Å². The Balaban J connectivity index is 2.02. The van der Waals surface area contributed by atoms with Gasteiger partial charge in [0.05, 0.1) is 28.2 Å². The highest BCUT2D eigenvalue weighted by atomic mass is 35.5. The molecule has 0 radical (unpaired) electrons. The van der Waals surface area contributed by atoms with Crippen LogP contribution in [0.25, 0.3) is 11.0 Å². The number of fused-ring (bicyclic) bond motifs is 1. The number of sulfone groups is 1. The minimum atomic E-state index is -2.91. The van der Waals surface area contributed by atoms with E-state index in [4.69, 9.17) is 11.6 Å². The number of hydrogen-bond acceptors (Lipinski definition) is 6. The highest BCUT2D eigenvalue weighted by Gasteiger charge is 2.10. The van der Waals surface area contributed by atoms with Crippen molar-refractivity contribution in [3.8, 4) is 0 Å². The molecule has 0 aliphatic heterocycles. The summed E-state index contributed by atoms with van der Waals surface area (Å²) in [7, 11) is -2.91. The third-order valence-electron chi connectivity index (χ3n) is 2.75. The van der Waals surface area contributed by atoms with Crippen molar-refractivity contribution in [1.29, 1.82) is 0 Å². The molecule has 8 heteroatoms. The van der Waals surface area contributed by atoms with Crippen molar-refractivity contribution in [2.75, 3.05) is 23.4 Å². The highest BCUT2D eigenvalue weighted by Crippen LogP contribution is 2.29. The summed E-state index contributed by atoms with van der Waals surface area (Å²) in [6.45, 7) is 2.19. The average molecular weight is 320 g/mol. The highest BCUT2D eigenvalue weighted by molar-refractivity contribution is 7.91. The van der Waals surface area contributed by atoms with Crippen LogP contribution >= 0.6 is 23.3 Å². The number of hydrogen-bond donors (Lipinski definition) is 1. The molecule has 19 heavy (non-hydrogen) atoms. The summed E-state index contributed by atoms with van der Waals surface area (Å²) in [4.78, 5) is 0. The zero-order chi connectivity index (χ0) is 13.9. The molecule has 0 saturated heterocycles. The van der Waals surface area contributed by atoms with Crippen LogP contribution in [0.1, 0.15) is 13.3 Å². The van der Waals surface area contributed by atoms with E-state index in [1.54, 1.807) is 13.0 Å². The average Bonchev–Trinajstić information content (AvgIpc) is 2.85. The van der Waals surface area contributed by atoms with Gasteiger partial charge in [-0.3, -0.25) is 0 Å². The SMILES string of the molecule is CCS(=O)(=O)CCCNc1c(Cl)ccc2nsnc12. The Hall–Kier alpha value is -0.920. The van der Waals surface area contributed by atoms with Gasteiger partial charge in [-0.05, 0) is 18.6 Å². The first kappa shape index (κ1) is 14.5. The summed E-state index contributed by atoms with van der Waals surface area (Å²) < 4.78 is 31.1. The predicted octanol–water partition coefficient (Wildman–Crippen LogP) is 2.58. The lowest BCUT2D eigenvalue weighted by Crippen LogP contribution is -2.13. The maximum absolute atomic E-state index is 11.4. The molecule has 0 amide bonds. The van der Waals surface area contributed by atoms with Crippen LogP contribution in [0.2, 0.25) is 5.02 Å². The fourth-order valence-corrected chi connectivity index (χ4v) is 3.28. The lowest BCUT2D eigenvalue weighted by atomic mass is 10.2. The first-order valence-electron chi connectivity index (χ1n) is 5.88. The van der Waals surface area contributed by atoms with Crippen molar-refractivity contribution in [3.05, 3.63) is 17.2 Å². The lowest BCUT2D eigenvalue weighted by Gasteiger charge is -2.08. The maximum atomic E-state index is 11.4. The van der Waals surface area contributed by atoms with Crippen molar-refractivity contribution in [2.45, 2.75) is 13.3 Å². The first-order valence-corrected chi connectivity index (χ1v) is 8.81. The molecule has 0 saturated carbocycles. The van der Waals surface area contributed by atoms with E-state index in [0.29, 0.717) is 18.0 Å². The fourth-order valence-electron chi connectivity index (χ4n) is 1.64. The molecule has 0 spiro atoms. The summed E-state index contributed by atoms with van der Waals surface area (Å²) in [6.07, 6.45) is 0.542. The molecule has 1 N–H and O–H groups in total. The monoisotopic (exact) mass is 319 g/mol. The topological polar surface area (TPSA) is 72.0 Å². The van der Waals surface area contributed by atoms with E-state index in [1.807, 2.05) is 6.07 Å². The van der Waals surface area contributed by atoms with Crippen LogP contribution in [0.4, 0.5) is 5.69 Å². The standard InChI is InChI=1S/C11H14ClN3O2S2/c1-2-19(16,17)7-3-6-13-10-8(12)4-5-9-11(10)15-18-14-9/h4-5,13H,2-3,6-7H2,1H3. The van der Waals surface area contributed by atoms with Gasteiger partial charge in [-0.15, -0.1) is 0 Å². The Bertz CT molecular complexity index is 670. The quantitative estimate of drug-likeness (QED) is 0.828. The number of nitrogens with one attached hydrogen (secondary N) is 1. The summed E-state index contributed by atoms with van der Waals surface area (Å²) in [5, 5.41) is 3.71. The van der Waals surface area contributed by atoms with Crippen molar-refractivity contribution in [1.82, 2.24) is 8.75 Å². The number of halogens is 1. The largest absolute Gasteiger partial charge is 0.382 e. The van der Waals surface area contributed by atoms with Crippen LogP contribution in [-0.4, -0.2) is 35.2 Å². The lowest BCUT2D eigenvalue weighted by molar-refractivity contribution is 0.595. The number of aromatic nitrogens is 2. The molecule has 0 fully saturated rings. The van der Waals surface area contributed by atoms with E-state index in [-0.39, 0.29) is 11.5 Å². The van der Waals surface area contributed by atoms with Crippen LogP contribution in [0.5, 0.6) is 0 Å². The maximum Gasteiger partial charge on any atom is 0.150 e. The van der Waals surface area contributed by atoms with Crippen molar-refractivity contribution >= 4 is 49.9 Å². The molecule has 0 aliphatic rings. The van der Waals surface area contributed by atoms with E-state index in [1.165, 1.54) is 0 Å². The summed E-state index contributed by atoms with van der Waals surface area (Å²) in [5.74, 6) is 0.360. The Labute approximate surface area is 121 Å². The molecule has 1 aromatic carbocycles. The van der Waals surface area contributed by atoms with Gasteiger partial charge in [-0.2, -0.15) is 8.75 Å². The smallest absolute Gasteiger partial charge is 0.150 e. The molecule has 5 nitrogen and oxygen atoms in total. The van der Waals surface area contributed by atoms with Gasteiger partial charge in [-0.1, -0.05) is 18.5 Å². The van der Waals surface area contributed by atoms with E-state index < -0.39 is 9.84 Å². The summed E-state index contributed by atoms with van der Waals surface area (Å²) >= 11 is 7.24. The van der Waals surface area contributed by atoms with Crippen molar-refractivity contribution in [3.63, 3.8) is 0 Å². The van der Waals surface area contributed by atoms with E-state index in [0.717, 1.165) is 28.4 Å². The Morgan fingerprint density at radius 1 is 1.37 bits per heavy atom. The number of rotatable bonds is 6. The molecule has 104 valence electrons. The van der Waals surface area contributed by atoms with Crippen molar-refractivity contribution in [2.24, 2.45) is 0 Å². The van der Waals surface area contributed by atoms with E-state index >= 15 is 0 Å². The minimum Gasteiger partial charge on any atom is -0.382 e. The van der Waals surface area contributed by atoms with Crippen LogP contribution in [0.3, 0.4) is 0 Å². The second-order valence-electron chi connectivity index (χ2n) is 4.07. The third kappa shape index (κ3) is 3.55. The van der Waals surface area contributed by atoms with Crippen molar-refractivity contribution < 1.29 is 8.42 Å². The molecule has 0 unspecified atom stereocenters. The number of nitrogens with zero attached hydrogens (tertiary/aromatic N) is 2. The summed E-state index contributed by atoms with van der Waals surface area (Å²) in [6, 6.07) is 3.57. The molecule has 0 atom stereocenters. The van der Waals surface area contributed by atoms with Gasteiger partial charge in [0.15, 0.2) is 0 Å². The van der Waals surface area contributed by atoms with Gasteiger partial charge in [0.1, 0.15) is 20.9 Å². The van der Waals surface area contributed by atoms with Crippen LogP contribution in [0, 0.1) is 0 Å². The van der Waals surface area contributed by atoms with E-state index in [2.05, 4.69) is 14.1 Å². The normalized spacial score (nSPS) is 11.9. The molecule has 1 aromatic heterocycles. The second kappa shape index (κ2) is 6.02. The fraction of sp³-hybridized carbons (Fsp3) is 0.455. The molecule has 0 bridgehead atoms. The third-order valence-corrected chi connectivity index (χ3v) is 5.40. The molecule has 2 rings (SSSR count). The van der Waals surface area contributed by atoms with Crippen LogP contribution in [-0.2, 0) is 9.84 Å². The van der Waals surface area contributed by atoms with Gasteiger partial charge in [0.25, 0.3) is 0 Å². The van der Waals surface area contributed by atoms with Gasteiger partial charge in [0.2, 0.25) is 0 Å². The Kier molecular flexibility index (Phi) is 4.59. The Morgan fingerprint density at radius 2 is 2.16 bits per heavy atom. The predicted molar refractivity (Wildman–Crippen MR) is 79.9 cm³/mol. The second-order valence-corrected chi connectivity index (χ2v) is 7.48. The zero-order valence-corrected chi connectivity index (χ0v) is 12.8. The zero-order valence-electron chi connectivity index (χ0n) is 10.4. The molecular formula is C11H14ClN3O2S2. The number of anilines is 1. The molecule has 2 aromatic rings. The van der Waals surface area contributed by atoms with Crippen LogP contribution in [0.15, 0.2) is 12.1 Å². The van der Waals surface area contributed by atoms with Crippen LogP contribution < -0.4 is 5.32 Å². The summed E-state index contributed by atoms with van der Waals surface area (Å²) in [5.41, 5.74) is 2.25. The molecular weight excluding hydrogens is 306 g/mol.